The van der Waals surface area contributed by atoms with Gasteiger partial charge in [-0.3, -0.25) is 14.5 Å². The maximum absolute atomic E-state index is 12.0. The second-order valence-electron chi connectivity index (χ2n) is 6.43. The van der Waals surface area contributed by atoms with Gasteiger partial charge in [0, 0.05) is 6.04 Å². The maximum atomic E-state index is 12.0. The number of carbonyl (C=O) groups is 1. The Labute approximate surface area is 135 Å². The fourth-order valence-corrected chi connectivity index (χ4v) is 3.41. The molecule has 0 aromatic carbocycles. The van der Waals surface area contributed by atoms with Crippen LogP contribution >= 0.6 is 12.2 Å². The molecule has 1 aromatic heterocycles. The summed E-state index contributed by atoms with van der Waals surface area (Å²) in [5, 5.41) is 9.88. The zero-order chi connectivity index (χ0) is 15.5. The van der Waals surface area contributed by atoms with Gasteiger partial charge in [0.15, 0.2) is 10.6 Å². The van der Waals surface area contributed by atoms with Crippen molar-refractivity contribution in [1.82, 2.24) is 20.1 Å². The molecular formula is C15H24N4O2S. The quantitative estimate of drug-likeness (QED) is 0.789. The van der Waals surface area contributed by atoms with E-state index in [9.17, 15) is 4.79 Å². The third-order valence-corrected chi connectivity index (χ3v) is 4.88. The molecule has 2 fully saturated rings. The van der Waals surface area contributed by atoms with Crippen molar-refractivity contribution < 1.29 is 9.53 Å². The Morgan fingerprint density at radius 3 is 2.91 bits per heavy atom. The van der Waals surface area contributed by atoms with Crippen LogP contribution in [0.4, 0.5) is 0 Å². The first kappa shape index (κ1) is 15.7. The molecule has 0 spiro atoms. The van der Waals surface area contributed by atoms with Crippen LogP contribution in [0.25, 0.3) is 0 Å². The van der Waals surface area contributed by atoms with E-state index in [-0.39, 0.29) is 18.6 Å². The highest BCUT2D eigenvalue weighted by Gasteiger charge is 2.27. The molecule has 0 aliphatic heterocycles. The number of ether oxygens (including phenoxy) is 1. The number of hydrogen-bond acceptors (Lipinski definition) is 4. The van der Waals surface area contributed by atoms with Crippen LogP contribution in [0.5, 0.6) is 0 Å². The Morgan fingerprint density at radius 2 is 2.18 bits per heavy atom. The minimum Gasteiger partial charge on any atom is -0.368 e. The zero-order valence-electron chi connectivity index (χ0n) is 13.0. The first-order valence-electron chi connectivity index (χ1n) is 8.19. The topological polar surface area (TPSA) is 71.9 Å². The average Bonchev–Trinajstić information content (AvgIpc) is 3.27. The molecule has 0 saturated heterocycles. The highest BCUT2D eigenvalue weighted by atomic mass is 32.1. The van der Waals surface area contributed by atoms with E-state index in [0.29, 0.717) is 23.3 Å². The highest BCUT2D eigenvalue weighted by molar-refractivity contribution is 7.71. The van der Waals surface area contributed by atoms with Crippen LogP contribution in [-0.2, 0) is 16.1 Å². The zero-order valence-corrected chi connectivity index (χ0v) is 13.8. The van der Waals surface area contributed by atoms with Gasteiger partial charge in [0.1, 0.15) is 6.61 Å². The Balaban J connectivity index is 1.45. The minimum absolute atomic E-state index is 0.0889. The van der Waals surface area contributed by atoms with Gasteiger partial charge in [-0.1, -0.05) is 19.8 Å². The molecule has 1 heterocycles. The lowest BCUT2D eigenvalue weighted by molar-refractivity contribution is -0.129. The van der Waals surface area contributed by atoms with Crippen molar-refractivity contribution in [3.63, 3.8) is 0 Å². The number of H-pyrrole nitrogens is 1. The largest absolute Gasteiger partial charge is 0.368 e. The monoisotopic (exact) mass is 324 g/mol. The standard InChI is InChI=1S/C15H24N4O2S/c1-10-4-2-3-5-12(10)21-9-14(20)16-8-13-17-18-15(22)19(13)11-6-7-11/h10-12H,2-9H2,1H3,(H,16,20)(H,18,22). The number of carbonyl (C=O) groups excluding carboxylic acids is 1. The maximum Gasteiger partial charge on any atom is 0.246 e. The molecule has 2 saturated carbocycles. The summed E-state index contributed by atoms with van der Waals surface area (Å²) in [5.41, 5.74) is 0. The van der Waals surface area contributed by atoms with E-state index in [2.05, 4.69) is 22.4 Å². The van der Waals surface area contributed by atoms with Gasteiger partial charge in [-0.2, -0.15) is 5.10 Å². The summed E-state index contributed by atoms with van der Waals surface area (Å²) in [4.78, 5) is 12.0. The predicted octanol–water partition coefficient (Wildman–Crippen LogP) is 2.49. The molecule has 2 N–H and O–H groups in total. The minimum atomic E-state index is -0.0889. The third-order valence-electron chi connectivity index (χ3n) is 4.59. The van der Waals surface area contributed by atoms with Gasteiger partial charge in [-0.15, -0.1) is 0 Å². The second-order valence-corrected chi connectivity index (χ2v) is 6.82. The molecule has 0 radical (unpaired) electrons. The summed E-state index contributed by atoms with van der Waals surface area (Å²) < 4.78 is 8.42. The van der Waals surface area contributed by atoms with E-state index < -0.39 is 0 Å². The summed E-state index contributed by atoms with van der Waals surface area (Å²) in [6.07, 6.45) is 7.23. The Morgan fingerprint density at radius 1 is 1.41 bits per heavy atom. The first-order valence-corrected chi connectivity index (χ1v) is 8.60. The second kappa shape index (κ2) is 6.91. The number of aromatic amines is 1. The highest BCUT2D eigenvalue weighted by Crippen LogP contribution is 2.35. The van der Waals surface area contributed by atoms with Crippen LogP contribution in [0.1, 0.15) is 57.3 Å². The normalized spacial score (nSPS) is 25.1. The SMILES string of the molecule is CC1CCCCC1OCC(=O)NCc1n[nH]c(=S)n1C1CC1. The lowest BCUT2D eigenvalue weighted by Gasteiger charge is -2.28. The van der Waals surface area contributed by atoms with E-state index in [1.807, 2.05) is 4.57 Å². The van der Waals surface area contributed by atoms with Gasteiger partial charge in [0.25, 0.3) is 0 Å². The molecule has 122 valence electrons. The smallest absolute Gasteiger partial charge is 0.246 e. The van der Waals surface area contributed by atoms with Crippen molar-refractivity contribution in [2.24, 2.45) is 5.92 Å². The van der Waals surface area contributed by atoms with Gasteiger partial charge in [0.05, 0.1) is 12.6 Å². The van der Waals surface area contributed by atoms with Crippen molar-refractivity contribution in [1.29, 1.82) is 0 Å². The number of hydrogen-bond donors (Lipinski definition) is 2. The van der Waals surface area contributed by atoms with Gasteiger partial charge < -0.3 is 10.1 Å². The van der Waals surface area contributed by atoms with E-state index >= 15 is 0 Å². The van der Waals surface area contributed by atoms with Crippen molar-refractivity contribution in [2.45, 2.75) is 64.1 Å². The van der Waals surface area contributed by atoms with Crippen LogP contribution in [0.2, 0.25) is 0 Å². The summed E-state index contributed by atoms with van der Waals surface area (Å²) in [5.74, 6) is 1.26. The molecule has 2 aliphatic rings. The molecule has 3 rings (SSSR count). The van der Waals surface area contributed by atoms with Crippen molar-refractivity contribution >= 4 is 18.1 Å². The summed E-state index contributed by atoms with van der Waals surface area (Å²) in [6, 6.07) is 0.456. The number of rotatable bonds is 6. The van der Waals surface area contributed by atoms with Crippen LogP contribution in [0.3, 0.4) is 0 Å². The van der Waals surface area contributed by atoms with Crippen molar-refractivity contribution in [2.75, 3.05) is 6.61 Å². The number of nitrogens with zero attached hydrogens (tertiary/aromatic N) is 2. The average molecular weight is 324 g/mol. The third kappa shape index (κ3) is 3.76. The van der Waals surface area contributed by atoms with Crippen LogP contribution in [0, 0.1) is 10.7 Å². The molecule has 1 aromatic rings. The Hall–Kier alpha value is -1.21. The molecule has 2 unspecified atom stereocenters. The first-order chi connectivity index (χ1) is 10.6. The summed E-state index contributed by atoms with van der Waals surface area (Å²) >= 11 is 5.23. The Bertz CT molecular complexity index is 578. The molecule has 2 atom stereocenters. The molecule has 7 heteroatoms. The molecule has 6 nitrogen and oxygen atoms in total. The molecule has 0 bridgehead atoms. The van der Waals surface area contributed by atoms with E-state index in [0.717, 1.165) is 25.1 Å². The lowest BCUT2D eigenvalue weighted by atomic mass is 9.88. The van der Waals surface area contributed by atoms with E-state index in [1.54, 1.807) is 0 Å². The predicted molar refractivity (Wildman–Crippen MR) is 84.9 cm³/mol. The van der Waals surface area contributed by atoms with Gasteiger partial charge >= 0.3 is 0 Å². The van der Waals surface area contributed by atoms with Crippen molar-refractivity contribution in [3.8, 4) is 0 Å². The number of amides is 1. The fraction of sp³-hybridized carbons (Fsp3) is 0.800. The molecule has 22 heavy (non-hydrogen) atoms. The number of aromatic nitrogens is 3. The van der Waals surface area contributed by atoms with Crippen molar-refractivity contribution in [3.05, 3.63) is 10.6 Å². The fourth-order valence-electron chi connectivity index (χ4n) is 3.11. The van der Waals surface area contributed by atoms with Crippen LogP contribution in [0.15, 0.2) is 0 Å². The van der Waals surface area contributed by atoms with Gasteiger partial charge in [0.2, 0.25) is 5.91 Å². The summed E-state index contributed by atoms with van der Waals surface area (Å²) in [7, 11) is 0. The van der Waals surface area contributed by atoms with E-state index in [1.165, 1.54) is 19.3 Å². The van der Waals surface area contributed by atoms with E-state index in [4.69, 9.17) is 17.0 Å². The molecule has 2 aliphatic carbocycles. The Kier molecular flexibility index (Phi) is 4.93. The van der Waals surface area contributed by atoms with Crippen LogP contribution < -0.4 is 5.32 Å². The lowest BCUT2D eigenvalue weighted by Crippen LogP contribution is -2.33. The number of nitrogens with one attached hydrogen (secondary N) is 2. The van der Waals surface area contributed by atoms with Gasteiger partial charge in [-0.05, 0) is 43.8 Å². The van der Waals surface area contributed by atoms with Gasteiger partial charge in [-0.25, -0.2) is 0 Å². The molecular weight excluding hydrogens is 300 g/mol. The molecule has 1 amide bonds. The summed E-state index contributed by atoms with van der Waals surface area (Å²) in [6.45, 7) is 2.73. The van der Waals surface area contributed by atoms with Crippen LogP contribution in [-0.4, -0.2) is 33.4 Å².